The molecule has 0 amide bonds. The molecule has 0 saturated heterocycles. The summed E-state index contributed by atoms with van der Waals surface area (Å²) in [5, 5.41) is 24.2. The maximum atomic E-state index is 8.06. The predicted octanol–water partition coefficient (Wildman–Crippen LogP) is 2.95. The minimum absolute atomic E-state index is 0. The van der Waals surface area contributed by atoms with Gasteiger partial charge in [-0.3, -0.25) is 0 Å². The average Bonchev–Trinajstić information content (AvgIpc) is 2.15. The summed E-state index contributed by atoms with van der Waals surface area (Å²) in [6.07, 6.45) is -0.500. The molecule has 1 rings (SSSR count). The summed E-state index contributed by atoms with van der Waals surface area (Å²) in [5.74, 6) is 0. The van der Waals surface area contributed by atoms with Gasteiger partial charge in [-0.25, -0.2) is 0 Å². The molecule has 4 heteroatoms. The fourth-order valence-electron chi connectivity index (χ4n) is 0.470. The van der Waals surface area contributed by atoms with Crippen molar-refractivity contribution in [3.63, 3.8) is 0 Å². The van der Waals surface area contributed by atoms with Crippen LogP contribution in [0.5, 0.6) is 0 Å². The second-order valence-corrected chi connectivity index (χ2v) is 4.86. The second-order valence-electron chi connectivity index (χ2n) is 4.86. The Morgan fingerprint density at radius 1 is 0.750 bits per heavy atom. The van der Waals surface area contributed by atoms with Gasteiger partial charge < -0.3 is 15.3 Å². The van der Waals surface area contributed by atoms with Crippen LogP contribution in [0.4, 0.5) is 0 Å². The molecule has 0 saturated carbocycles. The molecule has 0 heterocycles. The number of aliphatic hydroxyl groups is 3. The van der Waals surface area contributed by atoms with Crippen molar-refractivity contribution in [2.75, 3.05) is 0 Å². The molecule has 0 fully saturated rings. The van der Waals surface area contributed by atoms with Gasteiger partial charge in [-0.1, -0.05) is 6.92 Å². The Balaban J connectivity index is -0.0000000881. The summed E-state index contributed by atoms with van der Waals surface area (Å²) in [6.45, 7) is 12.4. The van der Waals surface area contributed by atoms with E-state index in [1.54, 1.807) is 41.5 Å². The van der Waals surface area contributed by atoms with Crippen LogP contribution in [0.2, 0.25) is 0 Å². The Hall–Kier alpha value is -0.0169. The van der Waals surface area contributed by atoms with E-state index in [1.807, 2.05) is 24.3 Å². The van der Waals surface area contributed by atoms with Crippen molar-refractivity contribution in [3.05, 3.63) is 35.9 Å². The van der Waals surface area contributed by atoms with Crippen LogP contribution >= 0.6 is 0 Å². The van der Waals surface area contributed by atoms with E-state index in [4.69, 9.17) is 15.3 Å². The Morgan fingerprint density at radius 2 is 0.950 bits per heavy atom. The summed E-state index contributed by atoms with van der Waals surface area (Å²) in [5.41, 5.74) is 1.29. The first-order valence-electron chi connectivity index (χ1n) is 6.56. The molecule has 0 aliphatic heterocycles. The van der Waals surface area contributed by atoms with Crippen molar-refractivity contribution in [2.45, 2.75) is 66.8 Å². The summed E-state index contributed by atoms with van der Waals surface area (Å²) >= 11 is 0. The van der Waals surface area contributed by atoms with Crippen LogP contribution in [0, 0.1) is 13.0 Å². The van der Waals surface area contributed by atoms with Gasteiger partial charge in [0.2, 0.25) is 0 Å². The van der Waals surface area contributed by atoms with Crippen molar-refractivity contribution in [1.29, 1.82) is 0 Å². The number of aliphatic hydroxyl groups excluding tert-OH is 3. The van der Waals surface area contributed by atoms with Gasteiger partial charge in [0.1, 0.15) is 0 Å². The molecule has 0 spiro atoms. The van der Waals surface area contributed by atoms with Gasteiger partial charge in [-0.15, -0.1) is 0 Å². The smallest absolute Gasteiger partial charge is 0.0483 e. The summed E-state index contributed by atoms with van der Waals surface area (Å²) in [7, 11) is 0. The van der Waals surface area contributed by atoms with Crippen LogP contribution in [0.1, 0.15) is 47.1 Å². The van der Waals surface area contributed by atoms with Gasteiger partial charge in [-0.05, 0) is 41.5 Å². The zero-order valence-corrected chi connectivity index (χ0v) is 16.3. The first-order valence-corrected chi connectivity index (χ1v) is 6.56. The molecule has 0 aliphatic rings. The van der Waals surface area contributed by atoms with Gasteiger partial charge in [-0.2, -0.15) is 35.9 Å². The monoisotopic (exact) mass is 361 g/mol. The molecular formula is C16H31O3Zr-. The van der Waals surface area contributed by atoms with E-state index in [2.05, 4.69) is 13.0 Å². The molecule has 1 aromatic carbocycles. The van der Waals surface area contributed by atoms with Gasteiger partial charge >= 0.3 is 0 Å². The minimum Gasteiger partial charge on any atom is -0.394 e. The number of rotatable bonds is 0. The van der Waals surface area contributed by atoms with Crippen molar-refractivity contribution in [1.82, 2.24) is 0 Å². The van der Waals surface area contributed by atoms with Crippen LogP contribution < -0.4 is 0 Å². The molecule has 0 atom stereocenters. The normalized spacial score (nSPS) is 8.45. The Bertz CT molecular complexity index is 227. The molecule has 0 bridgehead atoms. The van der Waals surface area contributed by atoms with Gasteiger partial charge in [0.15, 0.2) is 0 Å². The molecule has 0 radical (unpaired) electrons. The van der Waals surface area contributed by atoms with Gasteiger partial charge in [0.05, 0.1) is 0 Å². The van der Waals surface area contributed by atoms with E-state index >= 15 is 0 Å². The largest absolute Gasteiger partial charge is 0.394 e. The molecule has 20 heavy (non-hydrogen) atoms. The Kier molecular flexibility index (Phi) is 30.0. The molecule has 1 aromatic rings. The molecule has 0 aliphatic carbocycles. The third-order valence-electron chi connectivity index (χ3n) is 0.885. The minimum atomic E-state index is -0.167. The maximum Gasteiger partial charge on any atom is 0.0483 e. The van der Waals surface area contributed by atoms with Crippen LogP contribution in [-0.2, 0) is 26.2 Å². The number of aryl methyl sites for hydroxylation is 1. The topological polar surface area (TPSA) is 60.7 Å². The average molecular weight is 363 g/mol. The van der Waals surface area contributed by atoms with E-state index in [0.717, 1.165) is 0 Å². The number of benzene rings is 1. The van der Waals surface area contributed by atoms with E-state index in [0.29, 0.717) is 0 Å². The SMILES string of the molecule is CC(C)O.CC(C)O.CC(C)O.Cc1cc[c-]cc1.[Zr]. The van der Waals surface area contributed by atoms with E-state index in [9.17, 15) is 0 Å². The van der Waals surface area contributed by atoms with E-state index < -0.39 is 0 Å². The first kappa shape index (κ1) is 28.2. The zero-order valence-electron chi connectivity index (χ0n) is 13.9. The Labute approximate surface area is 144 Å². The van der Waals surface area contributed by atoms with Crippen molar-refractivity contribution < 1.29 is 41.5 Å². The molecule has 0 unspecified atom stereocenters. The quantitative estimate of drug-likeness (QED) is 0.622. The summed E-state index contributed by atoms with van der Waals surface area (Å²) < 4.78 is 0. The molecule has 118 valence electrons. The zero-order chi connectivity index (χ0) is 15.8. The van der Waals surface area contributed by atoms with Gasteiger partial charge in [0.25, 0.3) is 0 Å². The van der Waals surface area contributed by atoms with Crippen LogP contribution in [0.3, 0.4) is 0 Å². The number of hydrogen-bond donors (Lipinski definition) is 3. The third-order valence-corrected chi connectivity index (χ3v) is 0.885. The second kappa shape index (κ2) is 21.3. The number of hydrogen-bond acceptors (Lipinski definition) is 3. The maximum absolute atomic E-state index is 8.06. The van der Waals surface area contributed by atoms with Crippen LogP contribution in [0.15, 0.2) is 24.3 Å². The Morgan fingerprint density at radius 3 is 1.05 bits per heavy atom. The third kappa shape index (κ3) is 81.4. The van der Waals surface area contributed by atoms with Crippen molar-refractivity contribution in [3.8, 4) is 0 Å². The van der Waals surface area contributed by atoms with E-state index in [-0.39, 0.29) is 44.5 Å². The fourth-order valence-corrected chi connectivity index (χ4v) is 0.470. The van der Waals surface area contributed by atoms with Crippen LogP contribution in [-0.4, -0.2) is 33.6 Å². The predicted molar refractivity (Wildman–Crippen MR) is 82.1 cm³/mol. The molecule has 3 N–H and O–H groups in total. The van der Waals surface area contributed by atoms with Crippen LogP contribution in [0.25, 0.3) is 0 Å². The van der Waals surface area contributed by atoms with Gasteiger partial charge in [0, 0.05) is 44.5 Å². The first-order chi connectivity index (χ1) is 8.59. The summed E-state index contributed by atoms with van der Waals surface area (Å²) in [4.78, 5) is 0. The van der Waals surface area contributed by atoms with Crippen molar-refractivity contribution >= 4 is 0 Å². The molecule has 3 nitrogen and oxygen atoms in total. The molecule has 0 aromatic heterocycles. The fraction of sp³-hybridized carbons (Fsp3) is 0.625. The standard InChI is InChI=1S/C7H7.3C3H8O.Zr/c1-7-5-3-2-4-6-7;3*1-3(2)4;/h3-6H,1H3;3*3-4H,1-2H3;/q-1;;;;. The van der Waals surface area contributed by atoms with Crippen molar-refractivity contribution in [2.24, 2.45) is 0 Å². The van der Waals surface area contributed by atoms with E-state index in [1.165, 1.54) is 5.56 Å². The summed E-state index contributed by atoms with van der Waals surface area (Å²) in [6, 6.07) is 10.8. The molecular weight excluding hydrogens is 331 g/mol.